The molecule has 29 heavy (non-hydrogen) atoms. The van der Waals surface area contributed by atoms with Crippen molar-refractivity contribution >= 4 is 21.4 Å². The second-order valence-electron chi connectivity index (χ2n) is 7.01. The number of halogens is 3. The Morgan fingerprint density at radius 3 is 2.52 bits per heavy atom. The molecule has 1 atom stereocenters. The average Bonchev–Trinajstić information content (AvgIpc) is 3.05. The Hall–Kier alpha value is -2.55. The number of anilines is 1. The van der Waals surface area contributed by atoms with Crippen molar-refractivity contribution < 1.29 is 31.1 Å². The van der Waals surface area contributed by atoms with Gasteiger partial charge in [-0.1, -0.05) is 12.1 Å². The standard InChI is InChI=1S/C20H20F3NO4S/c1-12-5-4-6-17-15(12)9-10-24(17)19(25)16-11-14(29(3,26)27)7-8-18(16)28-13(2)20(21,22)23/h4-8,11,13H,9-10H2,1-3H3/t13-/m0/s1. The molecule has 5 nitrogen and oxygen atoms in total. The molecule has 1 heterocycles. The number of carbonyl (C=O) groups is 1. The number of amides is 1. The van der Waals surface area contributed by atoms with Crippen molar-refractivity contribution in [1.82, 2.24) is 0 Å². The van der Waals surface area contributed by atoms with Gasteiger partial charge in [-0.15, -0.1) is 0 Å². The van der Waals surface area contributed by atoms with Crippen molar-refractivity contribution in [2.24, 2.45) is 0 Å². The molecule has 1 aliphatic heterocycles. The zero-order chi connectivity index (χ0) is 21.6. The molecule has 0 saturated carbocycles. The van der Waals surface area contributed by atoms with Crippen molar-refractivity contribution in [3.8, 4) is 5.75 Å². The maximum Gasteiger partial charge on any atom is 0.425 e. The first kappa shape index (κ1) is 21.2. The number of alkyl halides is 3. The van der Waals surface area contributed by atoms with Crippen LogP contribution in [-0.4, -0.2) is 39.4 Å². The normalized spacial score (nSPS) is 15.2. The number of hydrogen-bond donors (Lipinski definition) is 0. The lowest BCUT2D eigenvalue weighted by atomic mass is 10.1. The Balaban J connectivity index is 2.07. The van der Waals surface area contributed by atoms with E-state index in [9.17, 15) is 26.4 Å². The van der Waals surface area contributed by atoms with E-state index in [1.807, 2.05) is 13.0 Å². The Kier molecular flexibility index (Phi) is 5.38. The van der Waals surface area contributed by atoms with Gasteiger partial charge in [-0.05, 0) is 55.7 Å². The summed E-state index contributed by atoms with van der Waals surface area (Å²) < 4.78 is 67.7. The molecule has 3 rings (SSSR count). The number of carbonyl (C=O) groups excluding carboxylic acids is 1. The number of hydrogen-bond acceptors (Lipinski definition) is 4. The van der Waals surface area contributed by atoms with Gasteiger partial charge in [-0.25, -0.2) is 8.42 Å². The van der Waals surface area contributed by atoms with Crippen LogP contribution in [0.5, 0.6) is 5.75 Å². The maximum absolute atomic E-state index is 13.2. The Labute approximate surface area is 167 Å². The number of ether oxygens (including phenoxy) is 1. The SMILES string of the molecule is Cc1cccc2c1CCN2C(=O)c1cc(S(C)(=O)=O)ccc1O[C@@H](C)C(F)(F)F. The van der Waals surface area contributed by atoms with Gasteiger partial charge in [0.1, 0.15) is 5.75 Å². The minimum absolute atomic E-state index is 0.170. The molecule has 156 valence electrons. The molecule has 2 aromatic carbocycles. The fourth-order valence-electron chi connectivity index (χ4n) is 3.23. The van der Waals surface area contributed by atoms with E-state index in [0.29, 0.717) is 18.7 Å². The van der Waals surface area contributed by atoms with Gasteiger partial charge in [-0.3, -0.25) is 4.79 Å². The zero-order valence-electron chi connectivity index (χ0n) is 16.1. The lowest BCUT2D eigenvalue weighted by molar-refractivity contribution is -0.189. The molecule has 2 aromatic rings. The van der Waals surface area contributed by atoms with Gasteiger partial charge in [0.15, 0.2) is 15.9 Å². The van der Waals surface area contributed by atoms with Crippen LogP contribution in [0.15, 0.2) is 41.3 Å². The quantitative estimate of drug-likeness (QED) is 0.742. The van der Waals surface area contributed by atoms with Crippen LogP contribution in [0.1, 0.15) is 28.4 Å². The zero-order valence-corrected chi connectivity index (χ0v) is 16.9. The molecule has 0 bridgehead atoms. The second-order valence-corrected chi connectivity index (χ2v) is 9.03. The summed E-state index contributed by atoms with van der Waals surface area (Å²) in [4.78, 5) is 14.5. The van der Waals surface area contributed by atoms with Crippen molar-refractivity contribution in [2.75, 3.05) is 17.7 Å². The van der Waals surface area contributed by atoms with Gasteiger partial charge >= 0.3 is 6.18 Å². The van der Waals surface area contributed by atoms with Gasteiger partial charge < -0.3 is 9.64 Å². The van der Waals surface area contributed by atoms with E-state index in [1.165, 1.54) is 4.90 Å². The molecule has 9 heteroatoms. The number of sulfone groups is 1. The second kappa shape index (κ2) is 7.37. The van der Waals surface area contributed by atoms with Crippen LogP contribution in [0.2, 0.25) is 0 Å². The summed E-state index contributed by atoms with van der Waals surface area (Å²) in [5.74, 6) is -0.919. The predicted octanol–water partition coefficient (Wildman–Crippen LogP) is 3.93. The number of nitrogens with zero attached hydrogens (tertiary/aromatic N) is 1. The van der Waals surface area contributed by atoms with Crippen LogP contribution in [-0.2, 0) is 16.3 Å². The van der Waals surface area contributed by atoms with Crippen molar-refractivity contribution in [1.29, 1.82) is 0 Å². The summed E-state index contributed by atoms with van der Waals surface area (Å²) in [6.07, 6.45) is -5.22. The first-order valence-electron chi connectivity index (χ1n) is 8.87. The Morgan fingerprint density at radius 1 is 1.21 bits per heavy atom. The number of benzene rings is 2. The molecule has 0 aromatic heterocycles. The Morgan fingerprint density at radius 2 is 1.90 bits per heavy atom. The predicted molar refractivity (Wildman–Crippen MR) is 102 cm³/mol. The highest BCUT2D eigenvalue weighted by Gasteiger charge is 2.39. The van der Waals surface area contributed by atoms with E-state index in [1.54, 1.807) is 12.1 Å². The summed E-state index contributed by atoms with van der Waals surface area (Å²) >= 11 is 0. The smallest absolute Gasteiger partial charge is 0.425 e. The summed E-state index contributed by atoms with van der Waals surface area (Å²) in [6.45, 7) is 3.08. The van der Waals surface area contributed by atoms with Gasteiger partial charge in [0.2, 0.25) is 0 Å². The summed E-state index contributed by atoms with van der Waals surface area (Å²) in [7, 11) is -3.67. The number of aryl methyl sites for hydroxylation is 1. The molecular formula is C20H20F3NO4S. The third-order valence-electron chi connectivity index (χ3n) is 4.88. The monoisotopic (exact) mass is 427 g/mol. The first-order chi connectivity index (χ1) is 13.4. The van der Waals surface area contributed by atoms with Crippen molar-refractivity contribution in [3.63, 3.8) is 0 Å². The van der Waals surface area contributed by atoms with Crippen LogP contribution < -0.4 is 9.64 Å². The van der Waals surface area contributed by atoms with E-state index in [2.05, 4.69) is 0 Å². The third-order valence-corrected chi connectivity index (χ3v) is 5.99. The van der Waals surface area contributed by atoms with E-state index in [4.69, 9.17) is 4.74 Å². The minimum Gasteiger partial charge on any atom is -0.480 e. The molecule has 0 aliphatic carbocycles. The molecule has 0 unspecified atom stereocenters. The van der Waals surface area contributed by atoms with Crippen LogP contribution in [0.3, 0.4) is 0 Å². The highest BCUT2D eigenvalue weighted by atomic mass is 32.2. The van der Waals surface area contributed by atoms with E-state index in [-0.39, 0.29) is 16.2 Å². The van der Waals surface area contributed by atoms with E-state index >= 15 is 0 Å². The molecule has 0 fully saturated rings. The largest absolute Gasteiger partial charge is 0.480 e. The topological polar surface area (TPSA) is 63.7 Å². The van der Waals surface area contributed by atoms with Crippen LogP contribution in [0, 0.1) is 6.92 Å². The fourth-order valence-corrected chi connectivity index (χ4v) is 3.88. The maximum atomic E-state index is 13.2. The third kappa shape index (κ3) is 4.24. The molecule has 1 aliphatic rings. The molecule has 0 N–H and O–H groups in total. The molecule has 1 amide bonds. The first-order valence-corrected chi connectivity index (χ1v) is 10.8. The molecule has 0 radical (unpaired) electrons. The average molecular weight is 427 g/mol. The van der Waals surface area contributed by atoms with Crippen molar-refractivity contribution in [3.05, 3.63) is 53.1 Å². The fraction of sp³-hybridized carbons (Fsp3) is 0.350. The van der Waals surface area contributed by atoms with Crippen LogP contribution in [0.25, 0.3) is 0 Å². The summed E-state index contributed by atoms with van der Waals surface area (Å²) in [5, 5.41) is 0. The highest BCUT2D eigenvalue weighted by molar-refractivity contribution is 7.90. The van der Waals surface area contributed by atoms with Gasteiger partial charge in [0.05, 0.1) is 10.5 Å². The minimum atomic E-state index is -4.63. The van der Waals surface area contributed by atoms with Gasteiger partial charge in [0.25, 0.3) is 5.91 Å². The van der Waals surface area contributed by atoms with E-state index in [0.717, 1.165) is 42.5 Å². The number of fused-ring (bicyclic) bond motifs is 1. The Bertz CT molecular complexity index is 1060. The number of rotatable bonds is 4. The lowest BCUT2D eigenvalue weighted by Crippen LogP contribution is -2.33. The van der Waals surface area contributed by atoms with Crippen LogP contribution in [0.4, 0.5) is 18.9 Å². The molecule has 0 spiro atoms. The molecule has 0 saturated heterocycles. The summed E-state index contributed by atoms with van der Waals surface area (Å²) in [5.41, 5.74) is 2.42. The van der Waals surface area contributed by atoms with Crippen molar-refractivity contribution in [2.45, 2.75) is 37.4 Å². The molecular weight excluding hydrogens is 407 g/mol. The van der Waals surface area contributed by atoms with Gasteiger partial charge in [-0.2, -0.15) is 13.2 Å². The summed E-state index contributed by atoms with van der Waals surface area (Å²) in [6, 6.07) is 8.76. The van der Waals surface area contributed by atoms with Crippen LogP contribution >= 0.6 is 0 Å². The highest BCUT2D eigenvalue weighted by Crippen LogP contribution is 2.35. The van der Waals surface area contributed by atoms with E-state index < -0.39 is 28.0 Å². The van der Waals surface area contributed by atoms with Gasteiger partial charge in [0, 0.05) is 18.5 Å². The lowest BCUT2D eigenvalue weighted by Gasteiger charge is -2.23.